The molecule has 0 amide bonds. The number of hydrogen-bond donors (Lipinski definition) is 0. The highest BCUT2D eigenvalue weighted by atomic mass is 16.3. The van der Waals surface area contributed by atoms with E-state index in [4.69, 9.17) is 57.7 Å². The Morgan fingerprint density at radius 3 is 1.08 bits per heavy atom. The number of fused-ring (bicyclic) bond motifs is 12. The van der Waals surface area contributed by atoms with Gasteiger partial charge in [0, 0.05) is 107 Å². The van der Waals surface area contributed by atoms with Crippen LogP contribution in [0, 0.1) is 40.1 Å². The van der Waals surface area contributed by atoms with E-state index in [1.54, 1.807) is 49.1 Å². The second-order valence-electron chi connectivity index (χ2n) is 25.4. The average Bonchev–Trinajstić information content (AvgIpc) is 1.46. The normalized spacial score (nSPS) is 12.2. The van der Waals surface area contributed by atoms with Crippen molar-refractivity contribution in [2.45, 2.75) is 13.8 Å². The van der Waals surface area contributed by atoms with E-state index in [0.29, 0.717) is 50.2 Å². The third-order valence-electron chi connectivity index (χ3n) is 19.1. The molecular weight excluding hydrogens is 1350 g/mol. The van der Waals surface area contributed by atoms with Crippen LogP contribution in [0.3, 0.4) is 0 Å². The van der Waals surface area contributed by atoms with Crippen molar-refractivity contribution in [2.75, 3.05) is 0 Å². The molecule has 0 N–H and O–H groups in total. The van der Waals surface area contributed by atoms with Crippen LogP contribution >= 0.6 is 0 Å². The Balaban J connectivity index is 0.000000114. The first-order chi connectivity index (χ1) is 58.4. The molecule has 8 heterocycles. The van der Waals surface area contributed by atoms with Crippen LogP contribution in [0.2, 0.25) is 0 Å². The minimum Gasteiger partial charge on any atom is -0.466 e. The van der Waals surface area contributed by atoms with E-state index in [2.05, 4.69) is 63.6 Å². The molecule has 12 heteroatoms. The van der Waals surface area contributed by atoms with Crippen molar-refractivity contribution in [3.05, 3.63) is 385 Å². The van der Waals surface area contributed by atoms with Gasteiger partial charge in [-0.2, -0.15) is 0 Å². The van der Waals surface area contributed by atoms with Gasteiger partial charge in [-0.05, 0) is 132 Å². The maximum Gasteiger partial charge on any atom is 0.237 e. The minimum absolute atomic E-state index is 0.0192. The van der Waals surface area contributed by atoms with Gasteiger partial charge in [0.2, 0.25) is 11.4 Å². The lowest BCUT2D eigenvalue weighted by atomic mass is 9.96. The molecule has 516 valence electrons. The molecule has 0 bridgehead atoms. The van der Waals surface area contributed by atoms with Crippen LogP contribution in [-0.4, -0.2) is 19.9 Å². The van der Waals surface area contributed by atoms with E-state index in [-0.39, 0.29) is 57.8 Å². The molecule has 0 aliphatic carbocycles. The second kappa shape index (κ2) is 29.5. The van der Waals surface area contributed by atoms with Crippen LogP contribution < -0.4 is 0 Å². The number of benzene rings is 12. The molecule has 20 aromatic rings. The van der Waals surface area contributed by atoms with Crippen molar-refractivity contribution in [1.29, 1.82) is 0 Å². The highest BCUT2D eigenvalue weighted by molar-refractivity contribution is 6.19. The number of hydrogen-bond acceptors (Lipinski definition) is 8. The summed E-state index contributed by atoms with van der Waals surface area (Å²) < 4.78 is 106. The smallest absolute Gasteiger partial charge is 0.237 e. The zero-order valence-electron chi connectivity index (χ0n) is 68.6. The Morgan fingerprint density at radius 2 is 0.645 bits per heavy atom. The van der Waals surface area contributed by atoms with Crippen molar-refractivity contribution in [3.63, 3.8) is 0 Å². The van der Waals surface area contributed by atoms with Crippen LogP contribution in [0.1, 0.15) is 24.8 Å². The van der Waals surface area contributed by atoms with E-state index >= 15 is 0 Å². The molecule has 110 heavy (non-hydrogen) atoms. The van der Waals surface area contributed by atoms with E-state index in [0.717, 1.165) is 127 Å². The molecule has 0 radical (unpaired) electrons. The van der Waals surface area contributed by atoms with Crippen LogP contribution in [0.15, 0.2) is 346 Å². The van der Waals surface area contributed by atoms with Crippen LogP contribution in [0.5, 0.6) is 0 Å². The fourth-order valence-electron chi connectivity index (χ4n) is 14.2. The van der Waals surface area contributed by atoms with Gasteiger partial charge >= 0.3 is 0 Å². The number of aromatic nitrogens is 4. The minimum atomic E-state index is -0.484. The highest BCUT2D eigenvalue weighted by Crippen LogP contribution is 2.49. The lowest BCUT2D eigenvalue weighted by Gasteiger charge is -2.09. The maximum absolute atomic E-state index is 8.40. The predicted octanol–water partition coefficient (Wildman–Crippen LogP) is 28.1. The Bertz CT molecular complexity index is 7620. The van der Waals surface area contributed by atoms with Gasteiger partial charge in [-0.15, -0.1) is 0 Å². The van der Waals surface area contributed by atoms with Gasteiger partial charge in [0.05, 0.1) is 62.8 Å². The summed E-state index contributed by atoms with van der Waals surface area (Å²) in [5.74, 6) is 0. The summed E-state index contributed by atoms with van der Waals surface area (Å²) in [6, 6.07) is 73.0. The topological polar surface area (TPSA) is 122 Å². The van der Waals surface area contributed by atoms with Crippen molar-refractivity contribution in [2.24, 2.45) is 0 Å². The van der Waals surface area contributed by atoms with Gasteiger partial charge in [0.25, 0.3) is 0 Å². The Hall–Kier alpha value is -15.6. The third kappa shape index (κ3) is 12.3. The second-order valence-corrected chi connectivity index (χ2v) is 25.4. The van der Waals surface area contributed by atoms with Crippen LogP contribution in [0.4, 0.5) is 22.7 Å². The summed E-state index contributed by atoms with van der Waals surface area (Å²) >= 11 is 0. The van der Waals surface area contributed by atoms with E-state index in [9.17, 15) is 0 Å². The quantitative estimate of drug-likeness (QED) is 0.138. The van der Waals surface area contributed by atoms with Crippen molar-refractivity contribution in [1.82, 2.24) is 19.9 Å². The SMILES string of the molecule is [2H]c1c([2H])c([2H])c(-c2c([N+]#[C-])ccc3c2oc2c(-c4ccccn4)cccc23)c([2H])c1[2H].[2H]c1c([2H])c([2H])c(-c2ccc3c(oc4c(-c5ccccn5)cccc43)c2[N+]#[C-])c([2H])c1[2H].[C-]#[N+]c1c(C)cc2c(oc3c(-c4ccccn4)cccc32)c1-c1ccccc1.[C-]#[N+]c1cc2c(oc3c(-c4ccccn4)cccc32)c(-c2ccccc2)c1C. The fourth-order valence-corrected chi connectivity index (χ4v) is 14.2. The van der Waals surface area contributed by atoms with Gasteiger partial charge in [-0.1, -0.05) is 224 Å². The summed E-state index contributed by atoms with van der Waals surface area (Å²) in [6.45, 7) is 34.8. The number of nitrogens with zero attached hydrogens (tertiary/aromatic N) is 8. The maximum atomic E-state index is 8.40. The monoisotopic (exact) mass is 1420 g/mol. The molecule has 0 spiro atoms. The average molecular weight is 1420 g/mol. The molecule has 0 aliphatic heterocycles. The molecule has 0 saturated heterocycles. The third-order valence-corrected chi connectivity index (χ3v) is 19.1. The molecular formula is C98H60N8O4. The van der Waals surface area contributed by atoms with Crippen molar-refractivity contribution >= 4 is 111 Å². The first-order valence-electron chi connectivity index (χ1n) is 39.8. The Kier molecular flexibility index (Phi) is 15.2. The highest BCUT2D eigenvalue weighted by Gasteiger charge is 2.25. The van der Waals surface area contributed by atoms with E-state index in [1.165, 1.54) is 0 Å². The van der Waals surface area contributed by atoms with Gasteiger partial charge < -0.3 is 17.7 Å². The molecule has 0 atom stereocenters. The molecule has 8 aromatic heterocycles. The van der Waals surface area contributed by atoms with Gasteiger partial charge in [-0.25, -0.2) is 19.4 Å². The van der Waals surface area contributed by atoms with Crippen molar-refractivity contribution in [3.8, 4) is 89.5 Å². The Labute approximate surface area is 646 Å². The molecule has 0 unspecified atom stereocenters. The van der Waals surface area contributed by atoms with Crippen LogP contribution in [0.25, 0.3) is 197 Å². The summed E-state index contributed by atoms with van der Waals surface area (Å²) in [7, 11) is 0. The van der Waals surface area contributed by atoms with Crippen molar-refractivity contribution < 1.29 is 31.4 Å². The number of aryl methyl sites for hydroxylation is 1. The van der Waals surface area contributed by atoms with E-state index < -0.39 is 36.3 Å². The van der Waals surface area contributed by atoms with Crippen LogP contribution in [-0.2, 0) is 0 Å². The lowest BCUT2D eigenvalue weighted by Crippen LogP contribution is -1.85. The summed E-state index contributed by atoms with van der Waals surface area (Å²) in [6.07, 6.45) is 6.95. The lowest BCUT2D eigenvalue weighted by molar-refractivity contribution is 0.670. The molecule has 0 aliphatic rings. The molecule has 12 aromatic carbocycles. The fraction of sp³-hybridized carbons (Fsp3) is 0.0204. The first kappa shape index (κ1) is 56.8. The zero-order chi connectivity index (χ0) is 83.3. The summed E-state index contributed by atoms with van der Waals surface area (Å²) in [4.78, 5) is 32.6. The van der Waals surface area contributed by atoms with E-state index in [1.807, 2.05) is 208 Å². The standard InChI is InChI=1S/2C25H16N2O.2C24H14N2O/c1-16-22(26-2)15-20-18-11-8-12-19(21-13-6-7-14-27-21)24(18)28-25(20)23(16)17-9-4-3-5-10-17;1-16-15-20-18-11-8-12-19(21-13-6-7-14-27-21)24(18)28-25(20)22(23(16)26-2)17-9-4-3-5-10-17;1-25-22-17(16-8-3-2-4-9-16)13-14-19-18-10-7-11-20(23(18)27-24(19)22)21-12-5-6-15-26-21;1-25-21-14-13-18-17-10-7-11-19(20-12-5-6-15-26-20)23(17)27-24(18)22(21)16-8-3-2-4-9-16/h2*3-15H,1H3;2*2-15H/i;;2*2D,3D,4D,8D,9D. The Morgan fingerprint density at radius 1 is 0.273 bits per heavy atom. The largest absolute Gasteiger partial charge is 0.466 e. The zero-order valence-corrected chi connectivity index (χ0v) is 58.6. The summed E-state index contributed by atoms with van der Waals surface area (Å²) in [5, 5.41) is 7.01. The molecule has 0 fully saturated rings. The first-order valence-corrected chi connectivity index (χ1v) is 34.8. The van der Waals surface area contributed by atoms with Gasteiger partial charge in [-0.3, -0.25) is 19.9 Å². The number of pyridine rings is 4. The number of para-hydroxylation sites is 4. The molecule has 0 saturated carbocycles. The van der Waals surface area contributed by atoms with Gasteiger partial charge in [0.1, 0.15) is 44.7 Å². The predicted molar refractivity (Wildman–Crippen MR) is 444 cm³/mol. The molecule has 20 rings (SSSR count). The van der Waals surface area contributed by atoms with Gasteiger partial charge in [0.15, 0.2) is 11.4 Å². The number of rotatable bonds is 8. The number of furan rings is 4. The summed E-state index contributed by atoms with van der Waals surface area (Å²) in [5.41, 5.74) is 19.2. The molecule has 12 nitrogen and oxygen atoms in total.